The number of carbonyl (C=O) groups is 1. The minimum absolute atomic E-state index is 0.706. The fourth-order valence-corrected chi connectivity index (χ4v) is 2.43. The van der Waals surface area contributed by atoms with Crippen molar-refractivity contribution in [1.82, 2.24) is 0 Å². The van der Waals surface area contributed by atoms with Crippen molar-refractivity contribution in [3.63, 3.8) is 0 Å². The lowest BCUT2D eigenvalue weighted by Crippen LogP contribution is -2.00. The fourth-order valence-electron chi connectivity index (χ4n) is 1.82. The maximum atomic E-state index is 10.7. The largest absolute Gasteiger partial charge is 0.381 e. The highest BCUT2D eigenvalue weighted by Gasteiger charge is 1.98. The van der Waals surface area contributed by atoms with Crippen molar-refractivity contribution in [3.05, 3.63) is 63.6 Å². The molecule has 2 rings (SSSR count). The van der Waals surface area contributed by atoms with E-state index >= 15 is 0 Å². The summed E-state index contributed by atoms with van der Waals surface area (Å²) in [5.41, 5.74) is 4.07. The maximum Gasteiger partial charge on any atom is 0.150 e. The number of rotatable bonds is 4. The molecule has 2 aromatic rings. The number of hydrogen-bond acceptors (Lipinski definition) is 2. The fraction of sp³-hybridized carbons (Fsp3) is 0.235. The summed E-state index contributed by atoms with van der Waals surface area (Å²) >= 11 is 3.48. The molecule has 0 spiro atoms. The van der Waals surface area contributed by atoms with Crippen LogP contribution < -0.4 is 5.32 Å². The van der Waals surface area contributed by atoms with Gasteiger partial charge in [-0.2, -0.15) is 0 Å². The van der Waals surface area contributed by atoms with E-state index in [2.05, 4.69) is 40.3 Å². The molecule has 0 aliphatic carbocycles. The Kier molecular flexibility index (Phi) is 7.02. The Labute approximate surface area is 129 Å². The molecule has 0 aromatic heterocycles. The first kappa shape index (κ1) is 16.4. The van der Waals surface area contributed by atoms with Gasteiger partial charge in [-0.05, 0) is 42.3 Å². The van der Waals surface area contributed by atoms with Gasteiger partial charge in [0.05, 0.1) is 0 Å². The van der Waals surface area contributed by atoms with Crippen molar-refractivity contribution < 1.29 is 4.79 Å². The SMILES string of the molecule is CC.Cc1cc(Br)cc(NCc2cccc(C=O)c2)c1. The molecule has 0 atom stereocenters. The average molecular weight is 334 g/mol. The van der Waals surface area contributed by atoms with E-state index in [0.29, 0.717) is 12.1 Å². The van der Waals surface area contributed by atoms with Gasteiger partial charge in [0, 0.05) is 22.3 Å². The molecule has 3 heteroatoms. The van der Waals surface area contributed by atoms with E-state index in [4.69, 9.17) is 0 Å². The van der Waals surface area contributed by atoms with Gasteiger partial charge in [-0.3, -0.25) is 4.79 Å². The standard InChI is InChI=1S/C15H14BrNO.C2H6/c1-11-5-14(16)8-15(6-11)17-9-12-3-2-4-13(7-12)10-18;1-2/h2-8,10,17H,9H2,1H3;1-2H3. The van der Waals surface area contributed by atoms with E-state index < -0.39 is 0 Å². The summed E-state index contributed by atoms with van der Waals surface area (Å²) in [5.74, 6) is 0. The zero-order valence-electron chi connectivity index (χ0n) is 12.1. The van der Waals surface area contributed by atoms with E-state index in [1.165, 1.54) is 5.56 Å². The normalized spacial score (nSPS) is 9.40. The zero-order chi connectivity index (χ0) is 15.0. The number of hydrogen-bond donors (Lipinski definition) is 1. The van der Waals surface area contributed by atoms with Gasteiger partial charge in [0.25, 0.3) is 0 Å². The lowest BCUT2D eigenvalue weighted by atomic mass is 10.1. The van der Waals surface area contributed by atoms with E-state index in [1.54, 1.807) is 6.07 Å². The Bertz CT molecular complexity index is 546. The number of nitrogens with one attached hydrogen (secondary N) is 1. The summed E-state index contributed by atoms with van der Waals surface area (Å²) in [4.78, 5) is 10.7. The van der Waals surface area contributed by atoms with Gasteiger partial charge in [0.15, 0.2) is 0 Å². The minimum atomic E-state index is 0.706. The van der Waals surface area contributed by atoms with Crippen LogP contribution in [0.3, 0.4) is 0 Å². The molecule has 20 heavy (non-hydrogen) atoms. The molecule has 0 fully saturated rings. The topological polar surface area (TPSA) is 29.1 Å². The first-order valence-electron chi connectivity index (χ1n) is 6.72. The highest BCUT2D eigenvalue weighted by Crippen LogP contribution is 2.19. The number of anilines is 1. The lowest BCUT2D eigenvalue weighted by Gasteiger charge is -2.08. The van der Waals surface area contributed by atoms with Crippen LogP contribution in [0.2, 0.25) is 0 Å². The Morgan fingerprint density at radius 1 is 1.15 bits per heavy atom. The summed E-state index contributed by atoms with van der Waals surface area (Å²) in [5, 5.41) is 3.35. The molecule has 106 valence electrons. The van der Waals surface area contributed by atoms with Crippen LogP contribution in [0.4, 0.5) is 5.69 Å². The third kappa shape index (κ3) is 5.17. The summed E-state index contributed by atoms with van der Waals surface area (Å²) in [6.45, 7) is 6.76. The van der Waals surface area contributed by atoms with Crippen LogP contribution in [-0.4, -0.2) is 6.29 Å². The van der Waals surface area contributed by atoms with E-state index in [-0.39, 0.29) is 0 Å². The summed E-state index contributed by atoms with van der Waals surface area (Å²) in [6, 6.07) is 13.8. The third-order valence-electron chi connectivity index (χ3n) is 2.63. The first-order valence-corrected chi connectivity index (χ1v) is 7.52. The molecule has 1 N–H and O–H groups in total. The second-order valence-electron chi connectivity index (χ2n) is 4.23. The minimum Gasteiger partial charge on any atom is -0.381 e. The Balaban J connectivity index is 0.000000956. The quantitative estimate of drug-likeness (QED) is 0.778. The van der Waals surface area contributed by atoms with Gasteiger partial charge >= 0.3 is 0 Å². The van der Waals surface area contributed by atoms with Gasteiger partial charge in [-0.25, -0.2) is 0 Å². The monoisotopic (exact) mass is 333 g/mol. The highest BCUT2D eigenvalue weighted by molar-refractivity contribution is 9.10. The Morgan fingerprint density at radius 2 is 1.90 bits per heavy atom. The molecule has 0 aliphatic rings. The van der Waals surface area contributed by atoms with Crippen LogP contribution in [0, 0.1) is 6.92 Å². The number of aryl methyl sites for hydroxylation is 1. The molecule has 0 amide bonds. The van der Waals surface area contributed by atoms with Crippen LogP contribution in [0.1, 0.15) is 35.3 Å². The van der Waals surface area contributed by atoms with Gasteiger partial charge in [0.2, 0.25) is 0 Å². The van der Waals surface area contributed by atoms with Crippen molar-refractivity contribution in [2.24, 2.45) is 0 Å². The lowest BCUT2D eigenvalue weighted by molar-refractivity contribution is 0.112. The van der Waals surface area contributed by atoms with Crippen LogP contribution in [0.25, 0.3) is 0 Å². The smallest absolute Gasteiger partial charge is 0.150 e. The van der Waals surface area contributed by atoms with Gasteiger partial charge in [-0.1, -0.05) is 48.0 Å². The molecule has 0 saturated carbocycles. The predicted molar refractivity (Wildman–Crippen MR) is 89.4 cm³/mol. The molecule has 0 bridgehead atoms. The number of halogens is 1. The van der Waals surface area contributed by atoms with Crippen molar-refractivity contribution in [2.75, 3.05) is 5.32 Å². The molecular formula is C17H20BrNO. The number of aldehydes is 1. The van der Waals surface area contributed by atoms with Crippen LogP contribution in [-0.2, 0) is 6.54 Å². The third-order valence-corrected chi connectivity index (χ3v) is 3.08. The molecule has 0 unspecified atom stereocenters. The van der Waals surface area contributed by atoms with Crippen molar-refractivity contribution in [2.45, 2.75) is 27.3 Å². The molecule has 0 heterocycles. The van der Waals surface area contributed by atoms with E-state index in [0.717, 1.165) is 22.0 Å². The van der Waals surface area contributed by atoms with Crippen LogP contribution in [0.15, 0.2) is 46.9 Å². The highest BCUT2D eigenvalue weighted by atomic mass is 79.9. The zero-order valence-corrected chi connectivity index (χ0v) is 13.7. The number of benzene rings is 2. The predicted octanol–water partition coefficient (Wildman–Crippen LogP) is 5.21. The summed E-state index contributed by atoms with van der Waals surface area (Å²) < 4.78 is 1.06. The van der Waals surface area contributed by atoms with Gasteiger partial charge in [0.1, 0.15) is 6.29 Å². The van der Waals surface area contributed by atoms with Crippen molar-refractivity contribution >= 4 is 27.9 Å². The second kappa shape index (κ2) is 8.54. The van der Waals surface area contributed by atoms with Crippen molar-refractivity contribution in [3.8, 4) is 0 Å². The van der Waals surface area contributed by atoms with E-state index in [1.807, 2.05) is 38.1 Å². The Morgan fingerprint density at radius 3 is 2.55 bits per heavy atom. The van der Waals surface area contributed by atoms with Crippen molar-refractivity contribution in [1.29, 1.82) is 0 Å². The first-order chi connectivity index (χ1) is 9.67. The van der Waals surface area contributed by atoms with E-state index in [9.17, 15) is 4.79 Å². The second-order valence-corrected chi connectivity index (χ2v) is 5.15. The maximum absolute atomic E-state index is 10.7. The Hall–Kier alpha value is -1.61. The molecule has 0 aliphatic heterocycles. The average Bonchev–Trinajstić information content (AvgIpc) is 2.46. The summed E-state index contributed by atoms with van der Waals surface area (Å²) in [7, 11) is 0. The molecule has 2 aromatic carbocycles. The molecule has 2 nitrogen and oxygen atoms in total. The van der Waals surface area contributed by atoms with Crippen LogP contribution >= 0.6 is 15.9 Å². The number of carbonyl (C=O) groups excluding carboxylic acids is 1. The van der Waals surface area contributed by atoms with Gasteiger partial charge in [-0.15, -0.1) is 0 Å². The summed E-state index contributed by atoms with van der Waals surface area (Å²) in [6.07, 6.45) is 0.868. The molecule has 0 radical (unpaired) electrons. The van der Waals surface area contributed by atoms with Crippen LogP contribution in [0.5, 0.6) is 0 Å². The molecular weight excluding hydrogens is 314 g/mol. The molecule has 0 saturated heterocycles. The van der Waals surface area contributed by atoms with Gasteiger partial charge < -0.3 is 5.32 Å².